The molecule has 0 radical (unpaired) electrons. The summed E-state index contributed by atoms with van der Waals surface area (Å²) in [5.41, 5.74) is 6.41. The molecule has 0 aliphatic carbocycles. The monoisotopic (exact) mass is 357 g/mol. The molecule has 0 spiro atoms. The van der Waals surface area contributed by atoms with Crippen molar-refractivity contribution in [2.24, 2.45) is 4.99 Å². The van der Waals surface area contributed by atoms with E-state index in [4.69, 9.17) is 9.73 Å². The molecular formula is C21H19N5O. The molecule has 2 aliphatic rings. The molecule has 0 N–H and O–H groups in total. The third-order valence-electron chi connectivity index (χ3n) is 5.00. The van der Waals surface area contributed by atoms with Crippen molar-refractivity contribution in [2.75, 3.05) is 31.2 Å². The third-order valence-corrected chi connectivity index (χ3v) is 5.00. The molecule has 3 aromatic rings. The van der Waals surface area contributed by atoms with Crippen molar-refractivity contribution < 1.29 is 4.74 Å². The van der Waals surface area contributed by atoms with Crippen LogP contribution in [0.15, 0.2) is 60.1 Å². The van der Waals surface area contributed by atoms with Gasteiger partial charge < -0.3 is 9.64 Å². The highest BCUT2D eigenvalue weighted by atomic mass is 16.5. The number of nitrogens with zero attached hydrogens (tertiary/aromatic N) is 5. The number of aromatic nitrogens is 3. The highest BCUT2D eigenvalue weighted by molar-refractivity contribution is 6.14. The molecule has 1 saturated heterocycles. The number of benzene rings is 1. The Morgan fingerprint density at radius 2 is 1.89 bits per heavy atom. The summed E-state index contributed by atoms with van der Waals surface area (Å²) in [6, 6.07) is 12.5. The molecule has 4 heterocycles. The van der Waals surface area contributed by atoms with Gasteiger partial charge in [-0.2, -0.15) is 0 Å². The fraction of sp³-hybridized carbons (Fsp3) is 0.238. The van der Waals surface area contributed by atoms with E-state index in [-0.39, 0.29) is 0 Å². The average Bonchev–Trinajstić information content (AvgIpc) is 3.18. The lowest BCUT2D eigenvalue weighted by molar-refractivity contribution is 0.122. The van der Waals surface area contributed by atoms with E-state index in [1.165, 1.54) is 5.56 Å². The number of rotatable bonds is 3. The van der Waals surface area contributed by atoms with E-state index < -0.39 is 0 Å². The molecule has 2 aliphatic heterocycles. The minimum Gasteiger partial charge on any atom is -0.378 e. The van der Waals surface area contributed by atoms with Gasteiger partial charge in [-0.15, -0.1) is 0 Å². The topological polar surface area (TPSA) is 63.5 Å². The zero-order valence-corrected chi connectivity index (χ0v) is 14.9. The van der Waals surface area contributed by atoms with Crippen molar-refractivity contribution in [3.63, 3.8) is 0 Å². The van der Waals surface area contributed by atoms with Crippen molar-refractivity contribution in [2.45, 2.75) is 6.54 Å². The Morgan fingerprint density at radius 3 is 2.74 bits per heavy atom. The molecule has 0 amide bonds. The van der Waals surface area contributed by atoms with Gasteiger partial charge in [0.1, 0.15) is 12.1 Å². The number of anilines is 1. The second-order valence-electron chi connectivity index (χ2n) is 6.64. The molecule has 134 valence electrons. The molecule has 6 heteroatoms. The second-order valence-corrected chi connectivity index (χ2v) is 6.64. The Kier molecular flexibility index (Phi) is 4.10. The number of fused-ring (bicyclic) bond motifs is 1. The molecule has 1 fully saturated rings. The fourth-order valence-corrected chi connectivity index (χ4v) is 3.56. The van der Waals surface area contributed by atoms with Crippen molar-refractivity contribution >= 4 is 11.5 Å². The maximum atomic E-state index is 5.44. The first-order valence-corrected chi connectivity index (χ1v) is 9.12. The Morgan fingerprint density at radius 1 is 0.963 bits per heavy atom. The van der Waals surface area contributed by atoms with E-state index in [9.17, 15) is 0 Å². The van der Waals surface area contributed by atoms with Crippen molar-refractivity contribution in [1.29, 1.82) is 0 Å². The van der Waals surface area contributed by atoms with Crippen LogP contribution in [0.2, 0.25) is 0 Å². The molecule has 0 saturated carbocycles. The Balaban J connectivity index is 1.50. The van der Waals surface area contributed by atoms with Crippen molar-refractivity contribution in [3.8, 4) is 11.1 Å². The normalized spacial score (nSPS) is 16.1. The average molecular weight is 357 g/mol. The van der Waals surface area contributed by atoms with Crippen LogP contribution in [0, 0.1) is 0 Å². The summed E-state index contributed by atoms with van der Waals surface area (Å²) in [7, 11) is 0. The second kappa shape index (κ2) is 6.89. The highest BCUT2D eigenvalue weighted by Crippen LogP contribution is 2.28. The van der Waals surface area contributed by atoms with E-state index in [1.807, 2.05) is 18.3 Å². The van der Waals surface area contributed by atoms with Crippen molar-refractivity contribution in [1.82, 2.24) is 15.0 Å². The van der Waals surface area contributed by atoms with Gasteiger partial charge in [0.2, 0.25) is 0 Å². The summed E-state index contributed by atoms with van der Waals surface area (Å²) in [6.07, 6.45) is 5.30. The van der Waals surface area contributed by atoms with E-state index in [2.05, 4.69) is 44.1 Å². The van der Waals surface area contributed by atoms with Crippen LogP contribution in [0.3, 0.4) is 0 Å². The molecule has 1 aromatic carbocycles. The van der Waals surface area contributed by atoms with Gasteiger partial charge in [-0.3, -0.25) is 9.98 Å². The summed E-state index contributed by atoms with van der Waals surface area (Å²) < 4.78 is 5.44. The maximum Gasteiger partial charge on any atom is 0.132 e. The van der Waals surface area contributed by atoms with Crippen molar-refractivity contribution in [3.05, 3.63) is 71.9 Å². The molecule has 27 heavy (non-hydrogen) atoms. The fourth-order valence-electron chi connectivity index (χ4n) is 3.56. The molecule has 6 nitrogen and oxygen atoms in total. The Bertz CT molecular complexity index is 996. The number of ether oxygens (including phenoxy) is 1. The molecular weight excluding hydrogens is 338 g/mol. The SMILES string of the molecule is c1cncc(-c2ccc3c(c2)C(c2cc(N4CCOCC4)ncn2)=NC3)c1. The van der Waals surface area contributed by atoms with E-state index in [1.54, 1.807) is 12.5 Å². The summed E-state index contributed by atoms with van der Waals surface area (Å²) in [5.74, 6) is 0.933. The molecule has 0 atom stereocenters. The highest BCUT2D eigenvalue weighted by Gasteiger charge is 2.21. The molecule has 2 aromatic heterocycles. The number of pyridine rings is 1. The molecule has 5 rings (SSSR count). The lowest BCUT2D eigenvalue weighted by atomic mass is 9.97. The minimum absolute atomic E-state index is 0.689. The summed E-state index contributed by atoms with van der Waals surface area (Å²) in [5, 5.41) is 0. The predicted molar refractivity (Wildman–Crippen MR) is 104 cm³/mol. The Labute approximate surface area is 157 Å². The van der Waals surface area contributed by atoms with Gasteiger partial charge in [0, 0.05) is 42.7 Å². The van der Waals surface area contributed by atoms with Gasteiger partial charge in [0.15, 0.2) is 0 Å². The maximum absolute atomic E-state index is 5.44. The lowest BCUT2D eigenvalue weighted by Gasteiger charge is -2.27. The molecule has 0 unspecified atom stereocenters. The van der Waals surface area contributed by atoms with Crippen LogP contribution in [-0.4, -0.2) is 47.0 Å². The zero-order valence-electron chi connectivity index (χ0n) is 14.9. The van der Waals surface area contributed by atoms with Crippen LogP contribution in [0.5, 0.6) is 0 Å². The smallest absolute Gasteiger partial charge is 0.132 e. The van der Waals surface area contributed by atoms with Gasteiger partial charge in [-0.05, 0) is 23.3 Å². The summed E-state index contributed by atoms with van der Waals surface area (Å²) in [4.78, 5) is 20.2. The number of hydrogen-bond donors (Lipinski definition) is 0. The van der Waals surface area contributed by atoms with Crippen LogP contribution in [0.1, 0.15) is 16.8 Å². The van der Waals surface area contributed by atoms with Gasteiger partial charge in [0.05, 0.1) is 31.2 Å². The van der Waals surface area contributed by atoms with Crippen LogP contribution in [0.25, 0.3) is 11.1 Å². The largest absolute Gasteiger partial charge is 0.378 e. The first-order chi connectivity index (χ1) is 13.4. The van der Waals surface area contributed by atoms with Gasteiger partial charge in [-0.1, -0.05) is 18.2 Å². The number of morpholine rings is 1. The predicted octanol–water partition coefficient (Wildman–Crippen LogP) is 2.73. The van der Waals surface area contributed by atoms with E-state index in [0.717, 1.165) is 60.2 Å². The first kappa shape index (κ1) is 16.1. The minimum atomic E-state index is 0.689. The first-order valence-electron chi connectivity index (χ1n) is 9.12. The van der Waals surface area contributed by atoms with Gasteiger partial charge in [0.25, 0.3) is 0 Å². The Hall–Kier alpha value is -3.12. The quantitative estimate of drug-likeness (QED) is 0.721. The van der Waals surface area contributed by atoms with Gasteiger partial charge >= 0.3 is 0 Å². The standard InChI is InChI=1S/C21H19N5O/c1-2-16(12-22-5-1)15-3-4-17-13-23-21(18(17)10-15)19-11-20(25-14-24-19)26-6-8-27-9-7-26/h1-5,10-12,14H,6-9,13H2. The van der Waals surface area contributed by atoms with Crippen LogP contribution in [0.4, 0.5) is 5.82 Å². The van der Waals surface area contributed by atoms with E-state index >= 15 is 0 Å². The summed E-state index contributed by atoms with van der Waals surface area (Å²) >= 11 is 0. The van der Waals surface area contributed by atoms with E-state index in [0.29, 0.717) is 6.54 Å². The third kappa shape index (κ3) is 3.08. The lowest BCUT2D eigenvalue weighted by Crippen LogP contribution is -2.36. The van der Waals surface area contributed by atoms with Crippen LogP contribution < -0.4 is 4.90 Å². The summed E-state index contributed by atoms with van der Waals surface area (Å²) in [6.45, 7) is 3.86. The zero-order chi connectivity index (χ0) is 18.1. The van der Waals surface area contributed by atoms with Crippen LogP contribution >= 0.6 is 0 Å². The van der Waals surface area contributed by atoms with Gasteiger partial charge in [-0.25, -0.2) is 9.97 Å². The number of aliphatic imine (C=N–C) groups is 1. The van der Waals surface area contributed by atoms with Crippen LogP contribution in [-0.2, 0) is 11.3 Å². The molecule has 0 bridgehead atoms. The number of hydrogen-bond acceptors (Lipinski definition) is 6.